The fraction of sp³-hybridized carbons (Fsp3) is 0.467. The van der Waals surface area contributed by atoms with Crippen molar-refractivity contribution in [2.24, 2.45) is 0 Å². The van der Waals surface area contributed by atoms with Crippen LogP contribution < -0.4 is 0 Å². The Morgan fingerprint density at radius 2 is 1.81 bits per heavy atom. The van der Waals surface area contributed by atoms with Crippen molar-refractivity contribution in [2.45, 2.75) is 30.2 Å². The van der Waals surface area contributed by atoms with E-state index in [2.05, 4.69) is 11.8 Å². The molecule has 0 atom stereocenters. The van der Waals surface area contributed by atoms with Gasteiger partial charge in [0.25, 0.3) is 0 Å². The van der Waals surface area contributed by atoms with Crippen LogP contribution >= 0.6 is 0 Å². The predicted molar refractivity (Wildman–Crippen MR) is 79.0 cm³/mol. The number of hydrogen-bond donors (Lipinski definition) is 2. The highest BCUT2D eigenvalue weighted by Gasteiger charge is 2.37. The lowest BCUT2D eigenvalue weighted by molar-refractivity contribution is 0.250. The summed E-state index contributed by atoms with van der Waals surface area (Å²) in [6.07, 6.45) is 2.10. The van der Waals surface area contributed by atoms with Gasteiger partial charge in [0, 0.05) is 24.6 Å². The molecule has 0 radical (unpaired) electrons. The molecule has 21 heavy (non-hydrogen) atoms. The predicted octanol–water partition coefficient (Wildman–Crippen LogP) is 0.566. The average molecular weight is 309 g/mol. The van der Waals surface area contributed by atoms with Gasteiger partial charge in [-0.2, -0.15) is 4.31 Å². The van der Waals surface area contributed by atoms with E-state index in [1.54, 1.807) is 12.1 Å². The molecule has 1 saturated carbocycles. The molecule has 0 aromatic heterocycles. The number of aliphatic hydroxyl groups excluding tert-OH is 2. The van der Waals surface area contributed by atoms with Crippen LogP contribution in [0.15, 0.2) is 29.2 Å². The van der Waals surface area contributed by atoms with Gasteiger partial charge >= 0.3 is 0 Å². The van der Waals surface area contributed by atoms with Crippen LogP contribution in [0.5, 0.6) is 0 Å². The number of hydrogen-bond acceptors (Lipinski definition) is 4. The molecule has 0 bridgehead atoms. The topological polar surface area (TPSA) is 77.8 Å². The molecule has 2 rings (SSSR count). The van der Waals surface area contributed by atoms with E-state index in [0.717, 1.165) is 12.8 Å². The van der Waals surface area contributed by atoms with Gasteiger partial charge in [0.05, 0.1) is 18.1 Å². The standard InChI is InChI=1S/C15H19NO4S/c17-11-2-1-3-13-4-8-15(9-5-13)21(19,20)16(10-12-18)14-6-7-14/h4-5,8-9,14,17-18H,2,6-7,10-12H2. The van der Waals surface area contributed by atoms with E-state index in [0.29, 0.717) is 12.0 Å². The molecule has 0 spiro atoms. The van der Waals surface area contributed by atoms with Crippen LogP contribution in [0.3, 0.4) is 0 Å². The SMILES string of the molecule is O=S(=O)(c1ccc(C#CCCO)cc1)N(CCO)C1CC1. The molecule has 0 unspecified atom stereocenters. The van der Waals surface area contributed by atoms with Gasteiger partial charge in [0.1, 0.15) is 0 Å². The molecule has 5 nitrogen and oxygen atoms in total. The number of benzene rings is 1. The second-order valence-corrected chi connectivity index (χ2v) is 6.76. The summed E-state index contributed by atoms with van der Waals surface area (Å²) in [6, 6.07) is 6.39. The smallest absolute Gasteiger partial charge is 0.243 e. The molecule has 1 aliphatic carbocycles. The lowest BCUT2D eigenvalue weighted by atomic mass is 10.2. The zero-order valence-electron chi connectivity index (χ0n) is 11.7. The van der Waals surface area contributed by atoms with Crippen molar-refractivity contribution in [3.8, 4) is 11.8 Å². The number of sulfonamides is 1. The molecular weight excluding hydrogens is 290 g/mol. The summed E-state index contributed by atoms with van der Waals surface area (Å²) in [5, 5.41) is 17.7. The Labute approximate surface area is 125 Å². The first-order valence-electron chi connectivity index (χ1n) is 6.92. The normalized spacial score (nSPS) is 14.8. The van der Waals surface area contributed by atoms with E-state index >= 15 is 0 Å². The molecule has 1 aromatic rings. The van der Waals surface area contributed by atoms with Crippen molar-refractivity contribution in [3.63, 3.8) is 0 Å². The lowest BCUT2D eigenvalue weighted by Gasteiger charge is -2.20. The van der Waals surface area contributed by atoms with Gasteiger partial charge in [-0.15, -0.1) is 0 Å². The largest absolute Gasteiger partial charge is 0.395 e. The molecule has 0 amide bonds. The van der Waals surface area contributed by atoms with Crippen molar-refractivity contribution in [1.29, 1.82) is 0 Å². The third-order valence-electron chi connectivity index (χ3n) is 3.20. The van der Waals surface area contributed by atoms with Crippen molar-refractivity contribution >= 4 is 10.0 Å². The van der Waals surface area contributed by atoms with Crippen LogP contribution in [-0.2, 0) is 10.0 Å². The van der Waals surface area contributed by atoms with Gasteiger partial charge in [-0.1, -0.05) is 11.8 Å². The van der Waals surface area contributed by atoms with Crippen LogP contribution in [0.1, 0.15) is 24.8 Å². The molecule has 0 saturated heterocycles. The minimum absolute atomic E-state index is 0.0109. The molecule has 114 valence electrons. The van der Waals surface area contributed by atoms with Gasteiger partial charge in [-0.3, -0.25) is 0 Å². The first-order chi connectivity index (χ1) is 10.1. The fourth-order valence-electron chi connectivity index (χ4n) is 2.03. The summed E-state index contributed by atoms with van der Waals surface area (Å²) in [6.45, 7) is -0.0392. The van der Waals surface area contributed by atoms with E-state index in [4.69, 9.17) is 10.2 Å². The van der Waals surface area contributed by atoms with Gasteiger partial charge in [0.15, 0.2) is 0 Å². The maximum Gasteiger partial charge on any atom is 0.243 e. The van der Waals surface area contributed by atoms with Crippen LogP contribution in [0.25, 0.3) is 0 Å². The number of nitrogens with zero attached hydrogens (tertiary/aromatic N) is 1. The van der Waals surface area contributed by atoms with E-state index in [1.807, 2.05) is 0 Å². The third-order valence-corrected chi connectivity index (χ3v) is 5.17. The van der Waals surface area contributed by atoms with E-state index < -0.39 is 10.0 Å². The summed E-state index contributed by atoms with van der Waals surface area (Å²) in [7, 11) is -3.56. The summed E-state index contributed by atoms with van der Waals surface area (Å²) < 4.78 is 26.4. The van der Waals surface area contributed by atoms with Gasteiger partial charge in [-0.25, -0.2) is 8.42 Å². The number of rotatable bonds is 6. The van der Waals surface area contributed by atoms with Gasteiger partial charge < -0.3 is 10.2 Å². The quantitative estimate of drug-likeness (QED) is 0.753. The monoisotopic (exact) mass is 309 g/mol. The minimum Gasteiger partial charge on any atom is -0.395 e. The molecule has 1 aliphatic rings. The highest BCUT2D eigenvalue weighted by atomic mass is 32.2. The van der Waals surface area contributed by atoms with Gasteiger partial charge in [0.2, 0.25) is 10.0 Å². The Kier molecular flexibility index (Phi) is 5.37. The Balaban J connectivity index is 2.18. The van der Waals surface area contributed by atoms with Crippen LogP contribution in [0.4, 0.5) is 0 Å². The fourth-order valence-corrected chi connectivity index (χ4v) is 3.70. The Morgan fingerprint density at radius 1 is 1.14 bits per heavy atom. The Hall–Kier alpha value is -1.39. The molecule has 1 fully saturated rings. The van der Waals surface area contributed by atoms with E-state index in [1.165, 1.54) is 16.4 Å². The first-order valence-corrected chi connectivity index (χ1v) is 8.36. The second kappa shape index (κ2) is 7.05. The molecule has 0 heterocycles. The summed E-state index contributed by atoms with van der Waals surface area (Å²) >= 11 is 0. The molecule has 0 aliphatic heterocycles. The lowest BCUT2D eigenvalue weighted by Crippen LogP contribution is -2.35. The Morgan fingerprint density at radius 3 is 2.33 bits per heavy atom. The second-order valence-electron chi connectivity index (χ2n) is 4.87. The minimum atomic E-state index is -3.56. The van der Waals surface area contributed by atoms with Crippen molar-refractivity contribution < 1.29 is 18.6 Å². The molecule has 6 heteroatoms. The van der Waals surface area contributed by atoms with Crippen LogP contribution in [-0.4, -0.2) is 48.7 Å². The first kappa shape index (κ1) is 16.0. The van der Waals surface area contributed by atoms with Gasteiger partial charge in [-0.05, 0) is 37.1 Å². The zero-order chi connectivity index (χ0) is 15.3. The maximum atomic E-state index is 12.5. The molecule has 2 N–H and O–H groups in total. The van der Waals surface area contributed by atoms with Crippen LogP contribution in [0, 0.1) is 11.8 Å². The summed E-state index contributed by atoms with van der Waals surface area (Å²) in [5.41, 5.74) is 0.711. The number of aliphatic hydroxyl groups is 2. The van der Waals surface area contributed by atoms with E-state index in [-0.39, 0.29) is 30.7 Å². The molecular formula is C15H19NO4S. The van der Waals surface area contributed by atoms with Crippen molar-refractivity contribution in [1.82, 2.24) is 4.31 Å². The highest BCUT2D eigenvalue weighted by Crippen LogP contribution is 2.31. The average Bonchev–Trinajstić information content (AvgIpc) is 3.30. The van der Waals surface area contributed by atoms with Crippen LogP contribution in [0.2, 0.25) is 0 Å². The zero-order valence-corrected chi connectivity index (χ0v) is 12.5. The van der Waals surface area contributed by atoms with Crippen molar-refractivity contribution in [2.75, 3.05) is 19.8 Å². The highest BCUT2D eigenvalue weighted by molar-refractivity contribution is 7.89. The molecule has 1 aromatic carbocycles. The van der Waals surface area contributed by atoms with E-state index in [9.17, 15) is 8.42 Å². The Bertz CT molecular complexity index is 624. The van der Waals surface area contributed by atoms with Crippen molar-refractivity contribution in [3.05, 3.63) is 29.8 Å². The summed E-state index contributed by atoms with van der Waals surface area (Å²) in [5.74, 6) is 5.64. The maximum absolute atomic E-state index is 12.5. The third kappa shape index (κ3) is 4.05. The summed E-state index contributed by atoms with van der Waals surface area (Å²) in [4.78, 5) is 0.218.